The van der Waals surface area contributed by atoms with Gasteiger partial charge in [-0.05, 0) is 57.9 Å². The molecule has 0 aromatic heterocycles. The van der Waals surface area contributed by atoms with Crippen LogP contribution in [0.2, 0.25) is 0 Å². The summed E-state index contributed by atoms with van der Waals surface area (Å²) in [6, 6.07) is 15.0. The van der Waals surface area contributed by atoms with Crippen molar-refractivity contribution in [1.29, 1.82) is 0 Å². The van der Waals surface area contributed by atoms with Gasteiger partial charge >= 0.3 is 0 Å². The number of nitrogens with zero attached hydrogens (tertiary/aromatic N) is 2. The van der Waals surface area contributed by atoms with Crippen LogP contribution in [0, 0.1) is 20.8 Å². The molecule has 0 saturated carbocycles. The molecule has 0 aliphatic carbocycles. The molecule has 2 aromatic rings. The highest BCUT2D eigenvalue weighted by Gasteiger charge is 2.12. The van der Waals surface area contributed by atoms with E-state index in [9.17, 15) is 0 Å². The van der Waals surface area contributed by atoms with Crippen LogP contribution in [0.4, 0.5) is 5.69 Å². The maximum absolute atomic E-state index is 5.02. The Morgan fingerprint density at radius 1 is 0.913 bits per heavy atom. The second-order valence-corrected chi connectivity index (χ2v) is 6.76. The average molecular weight is 327 g/mol. The molecule has 0 spiro atoms. The standard InChI is InChI=1S/C20H26N2S/c1-6-22(7-2)20(23-18-13-11-15(3)12-14-18)21-19-16(4)9-8-10-17(19)5/h8-14H,6-7H2,1-5H3. The minimum atomic E-state index is 0.957. The van der Waals surface area contributed by atoms with Crippen molar-refractivity contribution < 1.29 is 0 Å². The van der Waals surface area contributed by atoms with Gasteiger partial charge in [0.15, 0.2) is 5.17 Å². The molecule has 0 aliphatic heterocycles. The van der Waals surface area contributed by atoms with Gasteiger partial charge in [-0.2, -0.15) is 0 Å². The first-order valence-electron chi connectivity index (χ1n) is 8.19. The first-order chi connectivity index (χ1) is 11.0. The first kappa shape index (κ1) is 17.6. The molecule has 0 aliphatic rings. The number of hydrogen-bond acceptors (Lipinski definition) is 2. The molecule has 0 heterocycles. The van der Waals surface area contributed by atoms with Crippen LogP contribution in [-0.2, 0) is 0 Å². The van der Waals surface area contributed by atoms with Crippen LogP contribution in [0.1, 0.15) is 30.5 Å². The molecular formula is C20H26N2S. The number of aliphatic imine (C=N–C) groups is 1. The number of para-hydroxylation sites is 1. The lowest BCUT2D eigenvalue weighted by Crippen LogP contribution is -2.28. The number of rotatable bonds is 4. The molecule has 2 nitrogen and oxygen atoms in total. The zero-order chi connectivity index (χ0) is 16.8. The van der Waals surface area contributed by atoms with Gasteiger partial charge < -0.3 is 4.90 Å². The summed E-state index contributed by atoms with van der Waals surface area (Å²) in [5.41, 5.74) is 4.82. The van der Waals surface area contributed by atoms with E-state index in [0.29, 0.717) is 0 Å². The van der Waals surface area contributed by atoms with E-state index >= 15 is 0 Å². The van der Waals surface area contributed by atoms with Crippen molar-refractivity contribution in [3.05, 3.63) is 59.2 Å². The van der Waals surface area contributed by atoms with E-state index in [1.807, 2.05) is 0 Å². The van der Waals surface area contributed by atoms with Crippen LogP contribution >= 0.6 is 11.8 Å². The van der Waals surface area contributed by atoms with Crippen molar-refractivity contribution in [2.24, 2.45) is 4.99 Å². The summed E-state index contributed by atoms with van der Waals surface area (Å²) in [7, 11) is 0. The number of aryl methyl sites for hydroxylation is 3. The van der Waals surface area contributed by atoms with Crippen molar-refractivity contribution in [3.8, 4) is 0 Å². The van der Waals surface area contributed by atoms with Gasteiger partial charge in [-0.25, -0.2) is 4.99 Å². The lowest BCUT2D eigenvalue weighted by molar-refractivity contribution is 0.475. The van der Waals surface area contributed by atoms with E-state index < -0.39 is 0 Å². The Hall–Kier alpha value is -1.74. The number of thioether (sulfide) groups is 1. The molecule has 0 atom stereocenters. The lowest BCUT2D eigenvalue weighted by Gasteiger charge is -2.23. The number of amidine groups is 1. The lowest BCUT2D eigenvalue weighted by atomic mass is 10.1. The fourth-order valence-electron chi connectivity index (χ4n) is 2.44. The van der Waals surface area contributed by atoms with Crippen molar-refractivity contribution in [3.63, 3.8) is 0 Å². The highest BCUT2D eigenvalue weighted by molar-refractivity contribution is 8.13. The zero-order valence-electron chi connectivity index (χ0n) is 14.8. The Labute approximate surface area is 144 Å². The van der Waals surface area contributed by atoms with Crippen LogP contribution in [-0.4, -0.2) is 23.2 Å². The van der Waals surface area contributed by atoms with Crippen LogP contribution in [0.25, 0.3) is 0 Å². The fraction of sp³-hybridized carbons (Fsp3) is 0.350. The van der Waals surface area contributed by atoms with Crippen molar-refractivity contribution >= 4 is 22.6 Å². The van der Waals surface area contributed by atoms with Crippen LogP contribution in [0.3, 0.4) is 0 Å². The molecule has 0 fully saturated rings. The third-order valence-corrected chi connectivity index (χ3v) is 4.95. The van der Waals surface area contributed by atoms with Gasteiger partial charge in [0.05, 0.1) is 5.69 Å². The van der Waals surface area contributed by atoms with Crippen molar-refractivity contribution in [2.45, 2.75) is 39.5 Å². The Bertz CT molecular complexity index is 650. The summed E-state index contributed by atoms with van der Waals surface area (Å²) in [5, 5.41) is 1.07. The topological polar surface area (TPSA) is 15.6 Å². The second-order valence-electron chi connectivity index (χ2n) is 5.72. The molecule has 0 bridgehead atoms. The average Bonchev–Trinajstić information content (AvgIpc) is 2.54. The number of benzene rings is 2. The molecule has 2 rings (SSSR count). The van der Waals surface area contributed by atoms with E-state index in [-0.39, 0.29) is 0 Å². The van der Waals surface area contributed by atoms with Gasteiger partial charge in [0.1, 0.15) is 0 Å². The summed E-state index contributed by atoms with van der Waals surface area (Å²) in [6.45, 7) is 12.6. The van der Waals surface area contributed by atoms with E-state index in [2.05, 4.69) is 82.0 Å². The van der Waals surface area contributed by atoms with Crippen molar-refractivity contribution in [1.82, 2.24) is 4.90 Å². The summed E-state index contributed by atoms with van der Waals surface area (Å²) in [5.74, 6) is 0. The Balaban J connectivity index is 2.41. The van der Waals surface area contributed by atoms with Crippen molar-refractivity contribution in [2.75, 3.05) is 13.1 Å². The van der Waals surface area contributed by atoms with Gasteiger partial charge in [0.2, 0.25) is 0 Å². The summed E-state index contributed by atoms with van der Waals surface area (Å²) >= 11 is 1.74. The fourth-order valence-corrected chi connectivity index (χ4v) is 3.45. The quantitative estimate of drug-likeness (QED) is 0.405. The van der Waals surface area contributed by atoms with Crippen LogP contribution in [0.5, 0.6) is 0 Å². The smallest absolute Gasteiger partial charge is 0.169 e. The molecule has 2 aromatic carbocycles. The molecule has 0 N–H and O–H groups in total. The SMILES string of the molecule is CCN(CC)C(=Nc1c(C)cccc1C)Sc1ccc(C)cc1. The highest BCUT2D eigenvalue weighted by atomic mass is 32.2. The Morgan fingerprint density at radius 3 is 2.00 bits per heavy atom. The zero-order valence-corrected chi connectivity index (χ0v) is 15.6. The summed E-state index contributed by atoms with van der Waals surface area (Å²) < 4.78 is 0. The van der Waals surface area contributed by atoms with Crippen LogP contribution < -0.4 is 0 Å². The molecule has 0 saturated heterocycles. The normalized spacial score (nSPS) is 11.6. The maximum Gasteiger partial charge on any atom is 0.169 e. The minimum absolute atomic E-state index is 0.957. The highest BCUT2D eigenvalue weighted by Crippen LogP contribution is 2.28. The molecule has 0 radical (unpaired) electrons. The molecular weight excluding hydrogens is 300 g/mol. The van der Waals surface area contributed by atoms with E-state index in [4.69, 9.17) is 4.99 Å². The number of hydrogen-bond donors (Lipinski definition) is 0. The van der Waals surface area contributed by atoms with Gasteiger partial charge in [0, 0.05) is 18.0 Å². The van der Waals surface area contributed by atoms with Crippen LogP contribution in [0.15, 0.2) is 52.4 Å². The van der Waals surface area contributed by atoms with E-state index in [1.54, 1.807) is 11.8 Å². The van der Waals surface area contributed by atoms with Gasteiger partial charge in [-0.3, -0.25) is 0 Å². The predicted molar refractivity (Wildman–Crippen MR) is 103 cm³/mol. The van der Waals surface area contributed by atoms with Gasteiger partial charge in [-0.15, -0.1) is 0 Å². The Morgan fingerprint density at radius 2 is 1.48 bits per heavy atom. The molecule has 122 valence electrons. The molecule has 3 heteroatoms. The van der Waals surface area contributed by atoms with Gasteiger partial charge in [0.25, 0.3) is 0 Å². The second kappa shape index (κ2) is 8.21. The minimum Gasteiger partial charge on any atom is -0.351 e. The molecule has 0 amide bonds. The Kier molecular flexibility index (Phi) is 6.28. The maximum atomic E-state index is 5.02. The largest absolute Gasteiger partial charge is 0.351 e. The summed E-state index contributed by atoms with van der Waals surface area (Å²) in [4.78, 5) is 8.57. The summed E-state index contributed by atoms with van der Waals surface area (Å²) in [6.07, 6.45) is 0. The monoisotopic (exact) mass is 326 g/mol. The van der Waals surface area contributed by atoms with E-state index in [0.717, 1.165) is 23.9 Å². The predicted octanol–water partition coefficient (Wildman–Crippen LogP) is 5.73. The third kappa shape index (κ3) is 4.61. The molecule has 23 heavy (non-hydrogen) atoms. The first-order valence-corrected chi connectivity index (χ1v) is 9.01. The van der Waals surface area contributed by atoms with Gasteiger partial charge in [-0.1, -0.05) is 47.7 Å². The molecule has 0 unspecified atom stereocenters. The third-order valence-electron chi connectivity index (χ3n) is 3.91. The van der Waals surface area contributed by atoms with E-state index in [1.165, 1.54) is 21.6 Å².